The molecule has 1 aromatic rings. The number of rotatable bonds is 2. The first-order valence-electron chi connectivity index (χ1n) is 6.62. The Bertz CT molecular complexity index is 340. The predicted molar refractivity (Wildman–Crippen MR) is 73.1 cm³/mol. The Morgan fingerprint density at radius 1 is 1.18 bits per heavy atom. The maximum absolute atomic E-state index is 3.74. The van der Waals surface area contributed by atoms with Crippen molar-refractivity contribution in [3.63, 3.8) is 0 Å². The van der Waals surface area contributed by atoms with Gasteiger partial charge in [0.15, 0.2) is 0 Å². The molecule has 0 amide bonds. The van der Waals surface area contributed by atoms with E-state index in [0.717, 1.165) is 6.54 Å². The number of hydrogen-bond donors (Lipinski definition) is 2. The van der Waals surface area contributed by atoms with Crippen molar-refractivity contribution >= 4 is 0 Å². The van der Waals surface area contributed by atoms with Gasteiger partial charge in [-0.25, -0.2) is 0 Å². The highest BCUT2D eigenvalue weighted by Gasteiger charge is 2.28. The standard InChI is InChI=1S/C15H24N2/c1-15(2,3)17-13-10-7-11-16-14(13)12-8-5-4-6-9-12/h4-6,8-9,13-14,16-17H,7,10-11H2,1-3H3/t13-,14-/m1/s1. The van der Waals surface area contributed by atoms with E-state index >= 15 is 0 Å². The van der Waals surface area contributed by atoms with E-state index < -0.39 is 0 Å². The lowest BCUT2D eigenvalue weighted by molar-refractivity contribution is 0.251. The lowest BCUT2D eigenvalue weighted by atomic mass is 9.90. The Hall–Kier alpha value is -0.860. The summed E-state index contributed by atoms with van der Waals surface area (Å²) in [5.41, 5.74) is 1.57. The zero-order valence-electron chi connectivity index (χ0n) is 11.2. The smallest absolute Gasteiger partial charge is 0.0476 e. The molecule has 1 aromatic carbocycles. The summed E-state index contributed by atoms with van der Waals surface area (Å²) in [5.74, 6) is 0. The van der Waals surface area contributed by atoms with Crippen LogP contribution in [0.4, 0.5) is 0 Å². The Morgan fingerprint density at radius 3 is 2.53 bits per heavy atom. The second-order valence-corrected chi connectivity index (χ2v) is 5.99. The Balaban J connectivity index is 2.13. The number of benzene rings is 1. The van der Waals surface area contributed by atoms with Gasteiger partial charge in [0.05, 0.1) is 0 Å². The van der Waals surface area contributed by atoms with Crippen molar-refractivity contribution in [2.24, 2.45) is 0 Å². The summed E-state index contributed by atoms with van der Waals surface area (Å²) in [4.78, 5) is 0. The van der Waals surface area contributed by atoms with Crippen LogP contribution in [0.5, 0.6) is 0 Å². The molecule has 2 rings (SSSR count). The second kappa shape index (κ2) is 5.19. The molecule has 2 N–H and O–H groups in total. The highest BCUT2D eigenvalue weighted by molar-refractivity contribution is 5.21. The molecule has 2 nitrogen and oxygen atoms in total. The van der Waals surface area contributed by atoms with Crippen molar-refractivity contribution in [1.82, 2.24) is 10.6 Å². The highest BCUT2D eigenvalue weighted by atomic mass is 15.1. The molecular weight excluding hydrogens is 208 g/mol. The summed E-state index contributed by atoms with van der Waals surface area (Å²) in [7, 11) is 0. The van der Waals surface area contributed by atoms with Gasteiger partial charge in [0, 0.05) is 17.6 Å². The van der Waals surface area contributed by atoms with E-state index in [4.69, 9.17) is 0 Å². The number of nitrogens with one attached hydrogen (secondary N) is 2. The number of piperidine rings is 1. The summed E-state index contributed by atoms with van der Waals surface area (Å²) in [6.45, 7) is 7.85. The quantitative estimate of drug-likeness (QED) is 0.819. The van der Waals surface area contributed by atoms with Crippen LogP contribution in [0, 0.1) is 0 Å². The first-order chi connectivity index (χ1) is 8.06. The minimum atomic E-state index is 0.177. The van der Waals surface area contributed by atoms with Crippen LogP contribution in [0.15, 0.2) is 30.3 Å². The fourth-order valence-corrected chi connectivity index (χ4v) is 2.61. The molecule has 0 spiro atoms. The number of hydrogen-bond acceptors (Lipinski definition) is 2. The monoisotopic (exact) mass is 232 g/mol. The molecule has 0 radical (unpaired) electrons. The second-order valence-electron chi connectivity index (χ2n) is 5.99. The average molecular weight is 232 g/mol. The van der Waals surface area contributed by atoms with Gasteiger partial charge in [-0.3, -0.25) is 0 Å². The van der Waals surface area contributed by atoms with Gasteiger partial charge < -0.3 is 10.6 Å². The third-order valence-electron chi connectivity index (χ3n) is 3.24. The maximum atomic E-state index is 3.74. The largest absolute Gasteiger partial charge is 0.309 e. The zero-order chi connectivity index (χ0) is 12.3. The van der Waals surface area contributed by atoms with Crippen molar-refractivity contribution in [1.29, 1.82) is 0 Å². The zero-order valence-corrected chi connectivity index (χ0v) is 11.2. The fourth-order valence-electron chi connectivity index (χ4n) is 2.61. The van der Waals surface area contributed by atoms with Crippen molar-refractivity contribution in [2.45, 2.75) is 51.2 Å². The van der Waals surface area contributed by atoms with E-state index in [-0.39, 0.29) is 5.54 Å². The molecular formula is C15H24N2. The normalized spacial score (nSPS) is 25.8. The highest BCUT2D eigenvalue weighted by Crippen LogP contribution is 2.25. The molecule has 1 heterocycles. The Morgan fingerprint density at radius 2 is 1.88 bits per heavy atom. The van der Waals surface area contributed by atoms with E-state index in [1.807, 2.05) is 0 Å². The molecule has 17 heavy (non-hydrogen) atoms. The van der Waals surface area contributed by atoms with E-state index in [1.165, 1.54) is 18.4 Å². The summed E-state index contributed by atoms with van der Waals surface area (Å²) in [6, 6.07) is 11.8. The topological polar surface area (TPSA) is 24.1 Å². The van der Waals surface area contributed by atoms with E-state index in [9.17, 15) is 0 Å². The summed E-state index contributed by atoms with van der Waals surface area (Å²) >= 11 is 0. The molecule has 0 aliphatic carbocycles. The molecule has 0 aromatic heterocycles. The SMILES string of the molecule is CC(C)(C)N[C@@H]1CCCN[C@@H]1c1ccccc1. The minimum absolute atomic E-state index is 0.177. The Labute approximate surface area is 105 Å². The van der Waals surface area contributed by atoms with Crippen LogP contribution in [-0.4, -0.2) is 18.1 Å². The molecule has 1 aliphatic rings. The van der Waals surface area contributed by atoms with Crippen LogP contribution in [0.1, 0.15) is 45.2 Å². The molecule has 1 aliphatic heterocycles. The van der Waals surface area contributed by atoms with Crippen molar-refractivity contribution in [2.75, 3.05) is 6.54 Å². The summed E-state index contributed by atoms with van der Waals surface area (Å²) in [5, 5.41) is 7.39. The summed E-state index contributed by atoms with van der Waals surface area (Å²) in [6.07, 6.45) is 2.51. The lowest BCUT2D eigenvalue weighted by Gasteiger charge is -2.38. The third kappa shape index (κ3) is 3.55. The summed E-state index contributed by atoms with van der Waals surface area (Å²) < 4.78 is 0. The lowest BCUT2D eigenvalue weighted by Crippen LogP contribution is -2.52. The van der Waals surface area contributed by atoms with Gasteiger partial charge in [0.25, 0.3) is 0 Å². The van der Waals surface area contributed by atoms with Gasteiger partial charge in [-0.05, 0) is 45.7 Å². The van der Waals surface area contributed by atoms with Crippen LogP contribution in [0.2, 0.25) is 0 Å². The Kier molecular flexibility index (Phi) is 3.85. The molecule has 0 bridgehead atoms. The van der Waals surface area contributed by atoms with Crippen molar-refractivity contribution < 1.29 is 0 Å². The van der Waals surface area contributed by atoms with Crippen molar-refractivity contribution in [3.8, 4) is 0 Å². The van der Waals surface area contributed by atoms with E-state index in [0.29, 0.717) is 12.1 Å². The molecule has 1 saturated heterocycles. The van der Waals surface area contributed by atoms with Crippen LogP contribution in [0.25, 0.3) is 0 Å². The first-order valence-corrected chi connectivity index (χ1v) is 6.62. The third-order valence-corrected chi connectivity index (χ3v) is 3.24. The molecule has 2 atom stereocenters. The van der Waals surface area contributed by atoms with Gasteiger partial charge in [0.1, 0.15) is 0 Å². The van der Waals surface area contributed by atoms with Gasteiger partial charge in [-0.15, -0.1) is 0 Å². The van der Waals surface area contributed by atoms with Gasteiger partial charge in [-0.2, -0.15) is 0 Å². The first kappa shape index (κ1) is 12.6. The van der Waals surface area contributed by atoms with Gasteiger partial charge in [0.2, 0.25) is 0 Å². The van der Waals surface area contributed by atoms with E-state index in [1.54, 1.807) is 0 Å². The van der Waals surface area contributed by atoms with Crippen molar-refractivity contribution in [3.05, 3.63) is 35.9 Å². The molecule has 0 saturated carbocycles. The van der Waals surface area contributed by atoms with Crippen LogP contribution in [-0.2, 0) is 0 Å². The molecule has 0 unspecified atom stereocenters. The van der Waals surface area contributed by atoms with Gasteiger partial charge >= 0.3 is 0 Å². The molecule has 2 heteroatoms. The average Bonchev–Trinajstić information content (AvgIpc) is 2.29. The fraction of sp³-hybridized carbons (Fsp3) is 0.600. The van der Waals surface area contributed by atoms with Crippen LogP contribution >= 0.6 is 0 Å². The van der Waals surface area contributed by atoms with E-state index in [2.05, 4.69) is 61.7 Å². The predicted octanol–water partition coefficient (Wildman–Crippen LogP) is 2.87. The molecule has 1 fully saturated rings. The maximum Gasteiger partial charge on any atom is 0.0476 e. The van der Waals surface area contributed by atoms with Crippen LogP contribution in [0.3, 0.4) is 0 Å². The van der Waals surface area contributed by atoms with Crippen LogP contribution < -0.4 is 10.6 Å². The molecule has 94 valence electrons. The minimum Gasteiger partial charge on any atom is -0.309 e. The van der Waals surface area contributed by atoms with Gasteiger partial charge in [-0.1, -0.05) is 30.3 Å².